The van der Waals surface area contributed by atoms with Gasteiger partial charge >= 0.3 is 0 Å². The van der Waals surface area contributed by atoms with Gasteiger partial charge in [0.1, 0.15) is 6.61 Å². The molecule has 5 nitrogen and oxygen atoms in total. The van der Waals surface area contributed by atoms with Crippen molar-refractivity contribution in [2.45, 2.75) is 13.5 Å². The molecule has 5 rings (SSSR count). The van der Waals surface area contributed by atoms with Crippen molar-refractivity contribution >= 4 is 73.0 Å². The van der Waals surface area contributed by atoms with Crippen LogP contribution in [0.2, 0.25) is 5.02 Å². The van der Waals surface area contributed by atoms with Crippen LogP contribution in [0.1, 0.15) is 18.1 Å². The normalized spacial score (nSPS) is 14.6. The SMILES string of the molecule is CCOc1cc(/C=C2/SC(=O)N(c3ccc(Cl)cc3)C2=O)c(Br)cc1OCc1cccc2ccccc12. The Kier molecular flexibility index (Phi) is 7.55. The van der Waals surface area contributed by atoms with Gasteiger partial charge in [-0.25, -0.2) is 4.90 Å². The zero-order chi connectivity index (χ0) is 25.9. The Morgan fingerprint density at radius 3 is 2.46 bits per heavy atom. The first-order valence-electron chi connectivity index (χ1n) is 11.5. The van der Waals surface area contributed by atoms with Crippen LogP contribution < -0.4 is 14.4 Å². The zero-order valence-electron chi connectivity index (χ0n) is 19.7. The van der Waals surface area contributed by atoms with Crippen molar-refractivity contribution in [3.8, 4) is 11.5 Å². The first kappa shape index (κ1) is 25.4. The summed E-state index contributed by atoms with van der Waals surface area (Å²) in [5.41, 5.74) is 2.24. The monoisotopic (exact) mass is 593 g/mol. The van der Waals surface area contributed by atoms with Crippen molar-refractivity contribution in [1.29, 1.82) is 0 Å². The van der Waals surface area contributed by atoms with E-state index in [0.29, 0.717) is 50.4 Å². The van der Waals surface area contributed by atoms with Crippen molar-refractivity contribution in [3.05, 3.63) is 104 Å². The molecule has 0 spiro atoms. The Hall–Kier alpha value is -3.26. The Balaban J connectivity index is 1.42. The van der Waals surface area contributed by atoms with Crippen LogP contribution in [-0.2, 0) is 11.4 Å². The number of carbonyl (C=O) groups excluding carboxylic acids is 2. The molecule has 186 valence electrons. The number of ether oxygens (including phenoxy) is 2. The number of hydrogen-bond donors (Lipinski definition) is 0. The topological polar surface area (TPSA) is 55.8 Å². The van der Waals surface area contributed by atoms with Gasteiger partial charge in [-0.05, 0) is 83.1 Å². The molecule has 4 aromatic carbocycles. The lowest BCUT2D eigenvalue weighted by molar-refractivity contribution is -0.113. The van der Waals surface area contributed by atoms with E-state index in [-0.39, 0.29) is 5.24 Å². The summed E-state index contributed by atoms with van der Waals surface area (Å²) in [7, 11) is 0. The van der Waals surface area contributed by atoms with Crippen LogP contribution in [0.25, 0.3) is 16.8 Å². The summed E-state index contributed by atoms with van der Waals surface area (Å²) < 4.78 is 12.8. The molecule has 0 aliphatic carbocycles. The summed E-state index contributed by atoms with van der Waals surface area (Å²) >= 11 is 10.4. The lowest BCUT2D eigenvalue weighted by Crippen LogP contribution is -2.27. The smallest absolute Gasteiger partial charge is 0.298 e. The fourth-order valence-corrected chi connectivity index (χ4v) is 5.43. The van der Waals surface area contributed by atoms with Gasteiger partial charge in [-0.1, -0.05) is 70.0 Å². The van der Waals surface area contributed by atoms with E-state index in [1.807, 2.05) is 43.3 Å². The summed E-state index contributed by atoms with van der Waals surface area (Å²) in [6.07, 6.45) is 1.68. The number of fused-ring (bicyclic) bond motifs is 1. The standard InChI is InChI=1S/C29H21BrClNO4S/c1-2-35-25-14-20(15-27-28(33)32(29(34)37-27)22-12-10-21(31)11-13-22)24(30)16-26(25)36-17-19-8-5-7-18-6-3-4-9-23(18)19/h3-16H,2,17H2,1H3/b27-15+. The van der Waals surface area contributed by atoms with Crippen LogP contribution in [0.15, 0.2) is 88.2 Å². The average Bonchev–Trinajstić information content (AvgIpc) is 3.18. The van der Waals surface area contributed by atoms with Gasteiger partial charge in [0, 0.05) is 9.50 Å². The fraction of sp³-hybridized carbons (Fsp3) is 0.103. The molecule has 0 unspecified atom stereocenters. The van der Waals surface area contributed by atoms with E-state index >= 15 is 0 Å². The number of amides is 2. The van der Waals surface area contributed by atoms with Gasteiger partial charge < -0.3 is 9.47 Å². The predicted molar refractivity (Wildman–Crippen MR) is 153 cm³/mol. The molecule has 2 amide bonds. The Morgan fingerprint density at radius 2 is 1.68 bits per heavy atom. The van der Waals surface area contributed by atoms with Gasteiger partial charge in [0.05, 0.1) is 17.2 Å². The highest BCUT2D eigenvalue weighted by Gasteiger charge is 2.36. The van der Waals surface area contributed by atoms with E-state index in [4.69, 9.17) is 21.1 Å². The Bertz CT molecular complexity index is 1530. The summed E-state index contributed by atoms with van der Waals surface area (Å²) in [6, 6.07) is 24.5. The number of rotatable bonds is 7. The number of benzene rings is 4. The van der Waals surface area contributed by atoms with Crippen LogP contribution in [0.5, 0.6) is 11.5 Å². The number of imide groups is 1. The largest absolute Gasteiger partial charge is 0.490 e. The molecule has 0 aromatic heterocycles. The first-order valence-corrected chi connectivity index (χ1v) is 13.5. The van der Waals surface area contributed by atoms with Gasteiger partial charge in [-0.15, -0.1) is 0 Å². The van der Waals surface area contributed by atoms with E-state index in [2.05, 4.69) is 34.1 Å². The minimum absolute atomic E-state index is 0.313. The summed E-state index contributed by atoms with van der Waals surface area (Å²) in [5, 5.41) is 2.45. The first-order chi connectivity index (χ1) is 17.9. The second kappa shape index (κ2) is 11.0. The van der Waals surface area contributed by atoms with Crippen molar-refractivity contribution in [3.63, 3.8) is 0 Å². The molecule has 1 aliphatic heterocycles. The molecule has 1 aliphatic rings. The van der Waals surface area contributed by atoms with E-state index < -0.39 is 5.91 Å². The Labute approximate surface area is 232 Å². The van der Waals surface area contributed by atoms with Crippen molar-refractivity contribution in [2.75, 3.05) is 11.5 Å². The average molecular weight is 595 g/mol. The molecule has 1 fully saturated rings. The molecule has 0 saturated carbocycles. The molecule has 1 heterocycles. The second-order valence-electron chi connectivity index (χ2n) is 8.17. The minimum atomic E-state index is -0.390. The lowest BCUT2D eigenvalue weighted by atomic mass is 10.1. The summed E-state index contributed by atoms with van der Waals surface area (Å²) in [5.74, 6) is 0.737. The molecule has 0 radical (unpaired) electrons. The second-order valence-corrected chi connectivity index (χ2v) is 10.5. The third kappa shape index (κ3) is 5.39. The minimum Gasteiger partial charge on any atom is -0.490 e. The molecular formula is C29H21BrClNO4S. The van der Waals surface area contributed by atoms with Crippen molar-refractivity contribution in [2.24, 2.45) is 0 Å². The highest BCUT2D eigenvalue weighted by atomic mass is 79.9. The number of nitrogens with zero attached hydrogens (tertiary/aromatic N) is 1. The number of hydrogen-bond acceptors (Lipinski definition) is 5. The van der Waals surface area contributed by atoms with E-state index in [1.165, 1.54) is 0 Å². The van der Waals surface area contributed by atoms with Gasteiger partial charge in [0.15, 0.2) is 11.5 Å². The van der Waals surface area contributed by atoms with Gasteiger partial charge in [-0.3, -0.25) is 9.59 Å². The fourth-order valence-electron chi connectivity index (χ4n) is 4.04. The van der Waals surface area contributed by atoms with Gasteiger partial charge in [0.25, 0.3) is 11.1 Å². The number of anilines is 1. The molecule has 8 heteroatoms. The van der Waals surface area contributed by atoms with Crippen LogP contribution in [0.4, 0.5) is 10.5 Å². The quantitative estimate of drug-likeness (QED) is 0.201. The molecule has 37 heavy (non-hydrogen) atoms. The van der Waals surface area contributed by atoms with Crippen LogP contribution in [0.3, 0.4) is 0 Å². The highest BCUT2D eigenvalue weighted by Crippen LogP contribution is 2.40. The molecule has 1 saturated heterocycles. The molecular weight excluding hydrogens is 574 g/mol. The van der Waals surface area contributed by atoms with E-state index in [9.17, 15) is 9.59 Å². The zero-order valence-corrected chi connectivity index (χ0v) is 22.9. The third-order valence-electron chi connectivity index (χ3n) is 5.79. The molecule has 0 N–H and O–H groups in total. The molecule has 0 atom stereocenters. The van der Waals surface area contributed by atoms with Gasteiger partial charge in [-0.2, -0.15) is 0 Å². The highest BCUT2D eigenvalue weighted by molar-refractivity contribution is 9.10. The van der Waals surface area contributed by atoms with Crippen molar-refractivity contribution in [1.82, 2.24) is 0 Å². The molecule has 4 aromatic rings. The van der Waals surface area contributed by atoms with Crippen LogP contribution in [0, 0.1) is 0 Å². The summed E-state index contributed by atoms with van der Waals surface area (Å²) in [4.78, 5) is 27.2. The maximum absolute atomic E-state index is 13.1. The predicted octanol–water partition coefficient (Wildman–Crippen LogP) is 8.47. The maximum atomic E-state index is 13.1. The number of carbonyl (C=O) groups is 2. The maximum Gasteiger partial charge on any atom is 0.298 e. The molecule has 0 bridgehead atoms. The summed E-state index contributed by atoms with van der Waals surface area (Å²) in [6.45, 7) is 2.71. The third-order valence-corrected chi connectivity index (χ3v) is 7.60. The van der Waals surface area contributed by atoms with E-state index in [1.54, 1.807) is 30.3 Å². The lowest BCUT2D eigenvalue weighted by Gasteiger charge is -2.15. The van der Waals surface area contributed by atoms with E-state index in [0.717, 1.165) is 33.0 Å². The van der Waals surface area contributed by atoms with Gasteiger partial charge in [0.2, 0.25) is 0 Å². The number of thioether (sulfide) groups is 1. The van der Waals surface area contributed by atoms with Crippen molar-refractivity contribution < 1.29 is 19.1 Å². The van der Waals surface area contributed by atoms with Crippen LogP contribution in [-0.4, -0.2) is 17.8 Å². The Morgan fingerprint density at radius 1 is 0.946 bits per heavy atom. The number of halogens is 2. The van der Waals surface area contributed by atoms with Crippen LogP contribution >= 0.6 is 39.3 Å².